The highest BCUT2D eigenvalue weighted by Crippen LogP contribution is 2.21. The van der Waals surface area contributed by atoms with Gasteiger partial charge in [0.2, 0.25) is 5.91 Å². The summed E-state index contributed by atoms with van der Waals surface area (Å²) in [6.07, 6.45) is 2.47. The second-order valence-electron chi connectivity index (χ2n) is 5.24. The predicted molar refractivity (Wildman–Crippen MR) is 68.8 cm³/mol. The molecular weight excluding hydrogens is 246 g/mol. The minimum absolute atomic E-state index is 0.121. The third-order valence-electron chi connectivity index (χ3n) is 3.64. The Morgan fingerprint density at radius 3 is 2.89 bits per heavy atom. The van der Waals surface area contributed by atoms with Crippen LogP contribution < -0.4 is 0 Å². The SMILES string of the molecule is Cc1oc(CN2CCC(C)CCC2=O)cc1C(=O)O. The van der Waals surface area contributed by atoms with Crippen LogP contribution >= 0.6 is 0 Å². The molecule has 104 valence electrons. The normalized spacial score (nSPS) is 20.4. The van der Waals surface area contributed by atoms with Crippen LogP contribution in [0.15, 0.2) is 10.5 Å². The maximum Gasteiger partial charge on any atom is 0.339 e. The topological polar surface area (TPSA) is 70.8 Å². The summed E-state index contributed by atoms with van der Waals surface area (Å²) < 4.78 is 5.42. The number of carboxylic acid groups (broad SMARTS) is 1. The second kappa shape index (κ2) is 5.47. The van der Waals surface area contributed by atoms with Gasteiger partial charge in [0.25, 0.3) is 0 Å². The number of aryl methyl sites for hydroxylation is 1. The van der Waals surface area contributed by atoms with Crippen molar-refractivity contribution in [3.05, 3.63) is 23.2 Å². The molecule has 0 aromatic carbocycles. The molecule has 1 fully saturated rings. The molecule has 0 saturated carbocycles. The zero-order chi connectivity index (χ0) is 14.0. The van der Waals surface area contributed by atoms with Crippen LogP contribution in [-0.2, 0) is 11.3 Å². The quantitative estimate of drug-likeness (QED) is 0.911. The Morgan fingerprint density at radius 2 is 2.26 bits per heavy atom. The summed E-state index contributed by atoms with van der Waals surface area (Å²) in [6.45, 7) is 4.84. The molecule has 1 N–H and O–H groups in total. The first kappa shape index (κ1) is 13.6. The molecule has 0 aliphatic carbocycles. The number of carbonyl (C=O) groups is 2. The number of carbonyl (C=O) groups excluding carboxylic acids is 1. The van der Waals surface area contributed by atoms with Gasteiger partial charge in [-0.3, -0.25) is 4.79 Å². The molecule has 1 amide bonds. The molecule has 19 heavy (non-hydrogen) atoms. The molecule has 1 aliphatic heterocycles. The first-order valence-electron chi connectivity index (χ1n) is 6.57. The summed E-state index contributed by atoms with van der Waals surface area (Å²) in [6, 6.07) is 1.51. The van der Waals surface area contributed by atoms with E-state index >= 15 is 0 Å². The summed E-state index contributed by atoms with van der Waals surface area (Å²) >= 11 is 0. The van der Waals surface area contributed by atoms with E-state index in [9.17, 15) is 9.59 Å². The van der Waals surface area contributed by atoms with Gasteiger partial charge in [-0.05, 0) is 31.7 Å². The Labute approximate surface area is 112 Å². The smallest absolute Gasteiger partial charge is 0.339 e. The molecule has 1 atom stereocenters. The molecule has 5 heteroatoms. The van der Waals surface area contributed by atoms with E-state index in [0.29, 0.717) is 36.9 Å². The van der Waals surface area contributed by atoms with Crippen molar-refractivity contribution in [1.82, 2.24) is 4.90 Å². The highest BCUT2D eigenvalue weighted by atomic mass is 16.4. The van der Waals surface area contributed by atoms with E-state index < -0.39 is 5.97 Å². The fourth-order valence-electron chi connectivity index (χ4n) is 2.36. The molecule has 0 bridgehead atoms. The molecule has 1 unspecified atom stereocenters. The zero-order valence-electron chi connectivity index (χ0n) is 11.3. The Kier molecular flexibility index (Phi) is 3.93. The summed E-state index contributed by atoms with van der Waals surface area (Å²) in [5, 5.41) is 8.98. The van der Waals surface area contributed by atoms with Gasteiger partial charge < -0.3 is 14.4 Å². The van der Waals surface area contributed by atoms with E-state index in [0.717, 1.165) is 12.8 Å². The van der Waals surface area contributed by atoms with Crippen molar-refractivity contribution in [2.75, 3.05) is 6.54 Å². The molecule has 0 radical (unpaired) electrons. The second-order valence-corrected chi connectivity index (χ2v) is 5.24. The van der Waals surface area contributed by atoms with Gasteiger partial charge in [0.05, 0.1) is 6.54 Å². The summed E-state index contributed by atoms with van der Waals surface area (Å²) in [4.78, 5) is 24.7. The maximum atomic E-state index is 12.0. The molecule has 5 nitrogen and oxygen atoms in total. The van der Waals surface area contributed by atoms with Gasteiger partial charge in [-0.25, -0.2) is 4.79 Å². The van der Waals surface area contributed by atoms with Crippen LogP contribution in [0.25, 0.3) is 0 Å². The number of amides is 1. The minimum Gasteiger partial charge on any atom is -0.478 e. The predicted octanol–water partition coefficient (Wildman–Crippen LogP) is 2.43. The lowest BCUT2D eigenvalue weighted by Crippen LogP contribution is -2.29. The van der Waals surface area contributed by atoms with E-state index in [4.69, 9.17) is 9.52 Å². The molecule has 1 aromatic rings. The first-order chi connectivity index (χ1) is 8.97. The zero-order valence-corrected chi connectivity index (χ0v) is 11.3. The summed E-state index contributed by atoms with van der Waals surface area (Å²) in [7, 11) is 0. The Hall–Kier alpha value is -1.78. The van der Waals surface area contributed by atoms with Crippen LogP contribution in [0, 0.1) is 12.8 Å². The highest BCUT2D eigenvalue weighted by Gasteiger charge is 2.22. The number of aromatic carboxylic acids is 1. The van der Waals surface area contributed by atoms with Crippen molar-refractivity contribution in [2.24, 2.45) is 5.92 Å². The number of nitrogens with zero attached hydrogens (tertiary/aromatic N) is 1. The number of carboxylic acids is 1. The monoisotopic (exact) mass is 265 g/mol. The maximum absolute atomic E-state index is 12.0. The fraction of sp³-hybridized carbons (Fsp3) is 0.571. The average Bonchev–Trinajstić information content (AvgIpc) is 2.64. The summed E-state index contributed by atoms with van der Waals surface area (Å²) in [5.41, 5.74) is 0.172. The Bertz CT molecular complexity index is 492. The van der Waals surface area contributed by atoms with Crippen LogP contribution in [0.5, 0.6) is 0 Å². The number of furan rings is 1. The average molecular weight is 265 g/mol. The highest BCUT2D eigenvalue weighted by molar-refractivity contribution is 5.88. The Morgan fingerprint density at radius 1 is 1.53 bits per heavy atom. The van der Waals surface area contributed by atoms with Crippen molar-refractivity contribution in [3.8, 4) is 0 Å². The van der Waals surface area contributed by atoms with Crippen molar-refractivity contribution >= 4 is 11.9 Å². The molecule has 1 aromatic heterocycles. The number of likely N-dealkylation sites (tertiary alicyclic amines) is 1. The van der Waals surface area contributed by atoms with E-state index in [1.165, 1.54) is 6.07 Å². The number of hydrogen-bond acceptors (Lipinski definition) is 3. The van der Waals surface area contributed by atoms with Gasteiger partial charge in [-0.1, -0.05) is 6.92 Å². The lowest BCUT2D eigenvalue weighted by molar-refractivity contribution is -0.131. The molecule has 0 spiro atoms. The lowest BCUT2D eigenvalue weighted by atomic mass is 10.0. The molecule has 2 heterocycles. The summed E-state index contributed by atoms with van der Waals surface area (Å²) in [5.74, 6) is 0.608. The molecular formula is C14H19NO4. The minimum atomic E-state index is -0.997. The largest absolute Gasteiger partial charge is 0.478 e. The number of rotatable bonds is 3. The van der Waals surface area contributed by atoms with Gasteiger partial charge in [0.15, 0.2) is 0 Å². The van der Waals surface area contributed by atoms with Crippen LogP contribution in [0.1, 0.15) is 48.1 Å². The van der Waals surface area contributed by atoms with Crippen LogP contribution in [-0.4, -0.2) is 28.4 Å². The third-order valence-corrected chi connectivity index (χ3v) is 3.64. The van der Waals surface area contributed by atoms with Gasteiger partial charge >= 0.3 is 5.97 Å². The van der Waals surface area contributed by atoms with Crippen molar-refractivity contribution in [3.63, 3.8) is 0 Å². The molecule has 1 aliphatic rings. The number of hydrogen-bond donors (Lipinski definition) is 1. The van der Waals surface area contributed by atoms with Crippen LogP contribution in [0.3, 0.4) is 0 Å². The van der Waals surface area contributed by atoms with Gasteiger partial charge in [-0.2, -0.15) is 0 Å². The van der Waals surface area contributed by atoms with Gasteiger partial charge in [0.1, 0.15) is 17.1 Å². The van der Waals surface area contributed by atoms with Crippen molar-refractivity contribution in [2.45, 2.75) is 39.7 Å². The van der Waals surface area contributed by atoms with Crippen LogP contribution in [0.4, 0.5) is 0 Å². The van der Waals surface area contributed by atoms with Gasteiger partial charge in [-0.15, -0.1) is 0 Å². The van der Waals surface area contributed by atoms with Crippen molar-refractivity contribution < 1.29 is 19.1 Å². The van der Waals surface area contributed by atoms with Crippen molar-refractivity contribution in [1.29, 1.82) is 0 Å². The standard InChI is InChI=1S/C14H19NO4/c1-9-3-4-13(16)15(6-5-9)8-11-7-12(14(17)18)10(2)19-11/h7,9H,3-6,8H2,1-2H3,(H,17,18). The van der Waals surface area contributed by atoms with Crippen LogP contribution in [0.2, 0.25) is 0 Å². The lowest BCUT2D eigenvalue weighted by Gasteiger charge is -2.19. The van der Waals surface area contributed by atoms with Gasteiger partial charge in [0, 0.05) is 13.0 Å². The molecule has 1 saturated heterocycles. The fourth-order valence-corrected chi connectivity index (χ4v) is 2.36. The van der Waals surface area contributed by atoms with E-state index in [-0.39, 0.29) is 11.5 Å². The molecule has 2 rings (SSSR count). The Balaban J connectivity index is 2.09. The third kappa shape index (κ3) is 3.16. The van der Waals surface area contributed by atoms with E-state index in [1.807, 2.05) is 0 Å². The van der Waals surface area contributed by atoms with E-state index in [2.05, 4.69) is 6.92 Å². The van der Waals surface area contributed by atoms with E-state index in [1.54, 1.807) is 11.8 Å². The first-order valence-corrected chi connectivity index (χ1v) is 6.57.